The van der Waals surface area contributed by atoms with Crippen LogP contribution in [0.4, 0.5) is 5.00 Å². The van der Waals surface area contributed by atoms with Crippen molar-refractivity contribution in [3.05, 3.63) is 39.4 Å². The fourth-order valence-corrected chi connectivity index (χ4v) is 3.22. The van der Waals surface area contributed by atoms with Crippen LogP contribution in [0.2, 0.25) is 0 Å². The van der Waals surface area contributed by atoms with Crippen LogP contribution in [0.1, 0.15) is 33.9 Å². The van der Waals surface area contributed by atoms with Gasteiger partial charge in [-0.25, -0.2) is 0 Å². The molecule has 2 amide bonds. The van der Waals surface area contributed by atoms with Gasteiger partial charge < -0.3 is 10.2 Å². The number of hydrogen-bond donors (Lipinski definition) is 1. The Hall–Kier alpha value is -1.66. The van der Waals surface area contributed by atoms with E-state index in [4.69, 9.17) is 0 Å². The van der Waals surface area contributed by atoms with Crippen LogP contribution in [0.15, 0.2) is 29.0 Å². The number of carbonyl (C=O) groups excluding carboxylic acids is 2. The smallest absolute Gasteiger partial charge is 0.266 e. The molecule has 0 aromatic carbocycles. The highest BCUT2D eigenvalue weighted by Gasteiger charge is 2.19. The Morgan fingerprint density at radius 3 is 2.50 bits per heavy atom. The molecule has 0 atom stereocenters. The molecule has 2 rings (SSSR count). The highest BCUT2D eigenvalue weighted by Crippen LogP contribution is 2.25. The number of nitrogens with one attached hydrogen (secondary N) is 1. The molecular formula is C14H16N2O2S2. The molecule has 0 spiro atoms. The summed E-state index contributed by atoms with van der Waals surface area (Å²) in [5.74, 6) is -0.214. The maximum Gasteiger partial charge on any atom is 0.266 e. The van der Waals surface area contributed by atoms with E-state index < -0.39 is 0 Å². The normalized spacial score (nSPS) is 10.3. The summed E-state index contributed by atoms with van der Waals surface area (Å²) in [7, 11) is 0. The molecule has 0 saturated carbocycles. The van der Waals surface area contributed by atoms with Gasteiger partial charge in [0.05, 0.1) is 10.4 Å². The Balaban J connectivity index is 2.17. The van der Waals surface area contributed by atoms with Crippen LogP contribution in [0.25, 0.3) is 0 Å². The Kier molecular flexibility index (Phi) is 4.92. The van der Waals surface area contributed by atoms with Crippen molar-refractivity contribution < 1.29 is 9.59 Å². The van der Waals surface area contributed by atoms with Crippen LogP contribution in [0.5, 0.6) is 0 Å². The van der Waals surface area contributed by atoms with E-state index in [0.29, 0.717) is 28.5 Å². The molecule has 4 nitrogen and oxygen atoms in total. The molecule has 0 aliphatic carbocycles. The van der Waals surface area contributed by atoms with Crippen molar-refractivity contribution in [2.45, 2.75) is 13.8 Å². The SMILES string of the molecule is CCN(CC)C(=O)c1ccsc1NC(=O)c1cccs1. The lowest BCUT2D eigenvalue weighted by atomic mass is 10.2. The van der Waals surface area contributed by atoms with Gasteiger partial charge in [0.15, 0.2) is 0 Å². The summed E-state index contributed by atoms with van der Waals surface area (Å²) in [6.07, 6.45) is 0. The maximum atomic E-state index is 12.3. The van der Waals surface area contributed by atoms with Gasteiger partial charge in [-0.1, -0.05) is 6.07 Å². The number of hydrogen-bond acceptors (Lipinski definition) is 4. The Bertz CT molecular complexity index is 586. The highest BCUT2D eigenvalue weighted by molar-refractivity contribution is 7.15. The first-order chi connectivity index (χ1) is 9.67. The van der Waals surface area contributed by atoms with Gasteiger partial charge in [0.2, 0.25) is 0 Å². The number of rotatable bonds is 5. The molecular weight excluding hydrogens is 292 g/mol. The monoisotopic (exact) mass is 308 g/mol. The fraction of sp³-hybridized carbons (Fsp3) is 0.286. The molecule has 0 bridgehead atoms. The molecule has 2 aromatic rings. The molecule has 0 fully saturated rings. The quantitative estimate of drug-likeness (QED) is 0.918. The van der Waals surface area contributed by atoms with E-state index in [1.165, 1.54) is 22.7 Å². The average Bonchev–Trinajstić information content (AvgIpc) is 3.11. The molecule has 2 heterocycles. The molecule has 1 N–H and O–H groups in total. The van der Waals surface area contributed by atoms with Gasteiger partial charge in [-0.3, -0.25) is 9.59 Å². The van der Waals surface area contributed by atoms with Crippen molar-refractivity contribution in [1.82, 2.24) is 4.90 Å². The van der Waals surface area contributed by atoms with Crippen molar-refractivity contribution in [3.63, 3.8) is 0 Å². The number of nitrogens with zero attached hydrogens (tertiary/aromatic N) is 1. The molecule has 106 valence electrons. The van der Waals surface area contributed by atoms with Crippen molar-refractivity contribution in [2.24, 2.45) is 0 Å². The minimum atomic E-state index is -0.170. The zero-order chi connectivity index (χ0) is 14.5. The van der Waals surface area contributed by atoms with Crippen LogP contribution < -0.4 is 5.32 Å². The van der Waals surface area contributed by atoms with Gasteiger partial charge in [-0.15, -0.1) is 22.7 Å². The zero-order valence-electron chi connectivity index (χ0n) is 11.4. The lowest BCUT2D eigenvalue weighted by Gasteiger charge is -2.18. The third-order valence-corrected chi connectivity index (χ3v) is 4.62. The minimum Gasteiger partial charge on any atom is -0.339 e. The van der Waals surface area contributed by atoms with E-state index in [-0.39, 0.29) is 11.8 Å². The van der Waals surface area contributed by atoms with Gasteiger partial charge in [0, 0.05) is 13.1 Å². The number of carbonyl (C=O) groups is 2. The Morgan fingerprint density at radius 2 is 1.90 bits per heavy atom. The van der Waals surface area contributed by atoms with Gasteiger partial charge in [-0.2, -0.15) is 0 Å². The van der Waals surface area contributed by atoms with Crippen molar-refractivity contribution >= 4 is 39.5 Å². The van der Waals surface area contributed by atoms with Gasteiger partial charge in [0.25, 0.3) is 11.8 Å². The highest BCUT2D eigenvalue weighted by atomic mass is 32.1. The van der Waals surface area contributed by atoms with E-state index in [9.17, 15) is 9.59 Å². The zero-order valence-corrected chi connectivity index (χ0v) is 13.0. The summed E-state index contributed by atoms with van der Waals surface area (Å²) >= 11 is 2.75. The summed E-state index contributed by atoms with van der Waals surface area (Å²) in [5, 5.41) is 7.10. The first-order valence-electron chi connectivity index (χ1n) is 6.39. The second-order valence-corrected chi connectivity index (χ2v) is 5.94. The third kappa shape index (κ3) is 3.08. The Labute approximate surface area is 126 Å². The minimum absolute atomic E-state index is 0.0438. The van der Waals surface area contributed by atoms with Gasteiger partial charge in [0.1, 0.15) is 5.00 Å². The van der Waals surface area contributed by atoms with Crippen LogP contribution in [-0.4, -0.2) is 29.8 Å². The third-order valence-electron chi connectivity index (χ3n) is 2.92. The largest absolute Gasteiger partial charge is 0.339 e. The standard InChI is InChI=1S/C14H16N2O2S2/c1-3-16(4-2)14(18)10-7-9-20-13(10)15-12(17)11-6-5-8-19-11/h5-9H,3-4H2,1-2H3,(H,15,17). The van der Waals surface area contributed by atoms with E-state index in [2.05, 4.69) is 5.32 Å². The van der Waals surface area contributed by atoms with E-state index >= 15 is 0 Å². The van der Waals surface area contributed by atoms with Crippen LogP contribution in [0.3, 0.4) is 0 Å². The van der Waals surface area contributed by atoms with E-state index in [0.717, 1.165) is 0 Å². The molecule has 0 aliphatic heterocycles. The predicted octanol–water partition coefficient (Wildman–Crippen LogP) is 3.54. The fourth-order valence-electron chi connectivity index (χ4n) is 1.83. The summed E-state index contributed by atoms with van der Waals surface area (Å²) < 4.78 is 0. The van der Waals surface area contributed by atoms with Crippen LogP contribution in [0, 0.1) is 0 Å². The Morgan fingerprint density at radius 1 is 1.15 bits per heavy atom. The first-order valence-corrected chi connectivity index (χ1v) is 8.14. The molecule has 0 aliphatic rings. The molecule has 0 saturated heterocycles. The summed E-state index contributed by atoms with van der Waals surface area (Å²) in [4.78, 5) is 26.8. The topological polar surface area (TPSA) is 49.4 Å². The summed E-state index contributed by atoms with van der Waals surface area (Å²) in [5.41, 5.74) is 0.559. The number of anilines is 1. The second-order valence-electron chi connectivity index (χ2n) is 4.07. The van der Waals surface area contributed by atoms with Crippen molar-refractivity contribution in [2.75, 3.05) is 18.4 Å². The molecule has 0 radical (unpaired) electrons. The average molecular weight is 308 g/mol. The lowest BCUT2D eigenvalue weighted by molar-refractivity contribution is 0.0774. The summed E-state index contributed by atoms with van der Waals surface area (Å²) in [6.45, 7) is 5.20. The van der Waals surface area contributed by atoms with Crippen LogP contribution in [-0.2, 0) is 0 Å². The first kappa shape index (κ1) is 14.7. The van der Waals surface area contributed by atoms with Crippen molar-refractivity contribution in [1.29, 1.82) is 0 Å². The molecule has 6 heteroatoms. The van der Waals surface area contributed by atoms with Gasteiger partial charge >= 0.3 is 0 Å². The molecule has 2 aromatic heterocycles. The van der Waals surface area contributed by atoms with E-state index in [1.807, 2.05) is 30.7 Å². The van der Waals surface area contributed by atoms with Crippen molar-refractivity contribution in [3.8, 4) is 0 Å². The van der Waals surface area contributed by atoms with E-state index in [1.54, 1.807) is 17.0 Å². The van der Waals surface area contributed by atoms with Gasteiger partial charge in [-0.05, 0) is 36.7 Å². The molecule has 20 heavy (non-hydrogen) atoms. The second kappa shape index (κ2) is 6.67. The van der Waals surface area contributed by atoms with Crippen LogP contribution >= 0.6 is 22.7 Å². The predicted molar refractivity (Wildman–Crippen MR) is 83.8 cm³/mol. The maximum absolute atomic E-state index is 12.3. The number of amides is 2. The number of thiophene rings is 2. The summed E-state index contributed by atoms with van der Waals surface area (Å²) in [6, 6.07) is 5.35. The molecule has 0 unspecified atom stereocenters. The lowest BCUT2D eigenvalue weighted by Crippen LogP contribution is -2.30.